The summed E-state index contributed by atoms with van der Waals surface area (Å²) in [6.45, 7) is 1.16. The molecule has 2 heterocycles. The zero-order chi connectivity index (χ0) is 11.5. The van der Waals surface area contributed by atoms with Gasteiger partial charge in [0.25, 0.3) is 5.56 Å². The van der Waals surface area contributed by atoms with Crippen molar-refractivity contribution in [2.24, 2.45) is 0 Å². The van der Waals surface area contributed by atoms with Crippen molar-refractivity contribution < 1.29 is 9.47 Å². The van der Waals surface area contributed by atoms with Gasteiger partial charge in [-0.15, -0.1) is 12.4 Å². The number of aromatic nitrogens is 1. The maximum absolute atomic E-state index is 11.9. The van der Waals surface area contributed by atoms with E-state index in [1.165, 1.54) is 0 Å². The molecule has 2 rings (SSSR count). The second-order valence-corrected chi connectivity index (χ2v) is 3.88. The zero-order valence-electron chi connectivity index (χ0n) is 9.67. The van der Waals surface area contributed by atoms with Crippen molar-refractivity contribution in [1.29, 1.82) is 0 Å². The maximum atomic E-state index is 11.9. The Kier molecular flexibility index (Phi) is 4.99. The minimum Gasteiger partial charge on any atom is -0.394 e. The summed E-state index contributed by atoms with van der Waals surface area (Å²) in [6.07, 6.45) is 2.43. The summed E-state index contributed by atoms with van der Waals surface area (Å²) in [4.78, 5) is 11.9. The zero-order valence-corrected chi connectivity index (χ0v) is 10.5. The third-order valence-corrected chi connectivity index (χ3v) is 2.93. The van der Waals surface area contributed by atoms with Gasteiger partial charge in [-0.05, 0) is 18.6 Å². The van der Waals surface area contributed by atoms with Gasteiger partial charge in [0, 0.05) is 19.9 Å². The number of hydrogen-bond donors (Lipinski definition) is 1. The van der Waals surface area contributed by atoms with E-state index in [0.717, 1.165) is 6.42 Å². The molecule has 96 valence electrons. The smallest absolute Gasteiger partial charge is 0.274 e. The fourth-order valence-corrected chi connectivity index (χ4v) is 2.03. The largest absolute Gasteiger partial charge is 0.394 e. The van der Waals surface area contributed by atoms with Crippen LogP contribution < -0.4 is 11.3 Å². The van der Waals surface area contributed by atoms with E-state index in [2.05, 4.69) is 0 Å². The molecule has 1 aromatic rings. The fourth-order valence-electron chi connectivity index (χ4n) is 2.03. The van der Waals surface area contributed by atoms with E-state index in [9.17, 15) is 4.79 Å². The molecule has 1 aliphatic heterocycles. The lowest BCUT2D eigenvalue weighted by Crippen LogP contribution is -2.40. The number of rotatable bonds is 2. The molecule has 17 heavy (non-hydrogen) atoms. The van der Waals surface area contributed by atoms with Crippen molar-refractivity contribution in [1.82, 2.24) is 4.57 Å². The van der Waals surface area contributed by atoms with Crippen molar-refractivity contribution >= 4 is 18.1 Å². The minimum absolute atomic E-state index is 0. The van der Waals surface area contributed by atoms with E-state index in [1.807, 2.05) is 0 Å². The monoisotopic (exact) mass is 260 g/mol. The fraction of sp³-hybridized carbons (Fsp3) is 0.545. The molecular formula is C11H17ClN2O3. The van der Waals surface area contributed by atoms with Gasteiger partial charge >= 0.3 is 0 Å². The van der Waals surface area contributed by atoms with Crippen LogP contribution in [-0.2, 0) is 9.47 Å². The van der Waals surface area contributed by atoms with Crippen LogP contribution in [0.2, 0.25) is 0 Å². The number of anilines is 1. The minimum atomic E-state index is -0.156. The van der Waals surface area contributed by atoms with E-state index in [1.54, 1.807) is 30.0 Å². The number of nitrogen functional groups attached to an aromatic ring is 1. The molecule has 0 bridgehead atoms. The number of methoxy groups -OCH3 is 1. The number of nitrogens with two attached hydrogens (primary N) is 1. The van der Waals surface area contributed by atoms with Crippen LogP contribution in [0.3, 0.4) is 0 Å². The van der Waals surface area contributed by atoms with Crippen LogP contribution in [0.5, 0.6) is 0 Å². The van der Waals surface area contributed by atoms with Gasteiger partial charge in [-0.3, -0.25) is 4.79 Å². The summed E-state index contributed by atoms with van der Waals surface area (Å²) >= 11 is 0. The van der Waals surface area contributed by atoms with Gasteiger partial charge in [0.1, 0.15) is 6.10 Å². The summed E-state index contributed by atoms with van der Waals surface area (Å²) in [7, 11) is 1.63. The first-order valence-corrected chi connectivity index (χ1v) is 5.31. The highest BCUT2D eigenvalue weighted by Crippen LogP contribution is 2.22. The average Bonchev–Trinajstić information content (AvgIpc) is 2.33. The highest BCUT2D eigenvalue weighted by atomic mass is 35.5. The second kappa shape index (κ2) is 6.05. The predicted molar refractivity (Wildman–Crippen MR) is 67.6 cm³/mol. The molecule has 0 spiro atoms. The molecule has 0 radical (unpaired) electrons. The second-order valence-electron chi connectivity index (χ2n) is 3.88. The third kappa shape index (κ3) is 2.80. The summed E-state index contributed by atoms with van der Waals surface area (Å²) in [5.74, 6) is 0. The van der Waals surface area contributed by atoms with E-state index < -0.39 is 0 Å². The summed E-state index contributed by atoms with van der Waals surface area (Å²) in [6, 6.07) is 3.40. The molecule has 5 nitrogen and oxygen atoms in total. The summed E-state index contributed by atoms with van der Waals surface area (Å²) in [5, 5.41) is 0. The van der Waals surface area contributed by atoms with Crippen LogP contribution in [0.15, 0.2) is 23.1 Å². The van der Waals surface area contributed by atoms with Crippen molar-refractivity contribution in [3.05, 3.63) is 28.7 Å². The SMILES string of the molecule is CO[C@@H]1COCC[C@@H]1n1cccc(N)c1=O.Cl. The maximum Gasteiger partial charge on any atom is 0.274 e. The number of ether oxygens (including phenoxy) is 2. The van der Waals surface area contributed by atoms with Crippen LogP contribution in [0.25, 0.3) is 0 Å². The summed E-state index contributed by atoms with van der Waals surface area (Å²) in [5.41, 5.74) is 5.72. The molecule has 2 N–H and O–H groups in total. The van der Waals surface area contributed by atoms with Crippen molar-refractivity contribution in [3.8, 4) is 0 Å². The van der Waals surface area contributed by atoms with E-state index in [0.29, 0.717) is 13.2 Å². The lowest BCUT2D eigenvalue weighted by atomic mass is 10.1. The molecule has 1 aromatic heterocycles. The first-order chi connectivity index (χ1) is 7.74. The first-order valence-electron chi connectivity index (χ1n) is 5.31. The molecule has 1 aliphatic rings. The van der Waals surface area contributed by atoms with Crippen LogP contribution in [-0.4, -0.2) is 31.0 Å². The Balaban J connectivity index is 0.00000144. The molecule has 1 saturated heterocycles. The lowest BCUT2D eigenvalue weighted by Gasteiger charge is -2.31. The van der Waals surface area contributed by atoms with Gasteiger partial charge in [0.2, 0.25) is 0 Å². The van der Waals surface area contributed by atoms with Crippen LogP contribution in [0.1, 0.15) is 12.5 Å². The van der Waals surface area contributed by atoms with Gasteiger partial charge in [-0.1, -0.05) is 0 Å². The molecule has 0 aromatic carbocycles. The Morgan fingerprint density at radius 1 is 1.59 bits per heavy atom. The molecular weight excluding hydrogens is 244 g/mol. The normalized spacial score (nSPS) is 24.1. The van der Waals surface area contributed by atoms with Gasteiger partial charge in [0.15, 0.2) is 0 Å². The predicted octanol–water partition coefficient (Wildman–Crippen LogP) is 0.829. The van der Waals surface area contributed by atoms with E-state index >= 15 is 0 Å². The highest BCUT2D eigenvalue weighted by Gasteiger charge is 2.27. The quantitative estimate of drug-likeness (QED) is 0.855. The van der Waals surface area contributed by atoms with Gasteiger partial charge in [0.05, 0.1) is 18.3 Å². The molecule has 0 aliphatic carbocycles. The molecule has 6 heteroatoms. The number of nitrogens with zero attached hydrogens (tertiary/aromatic N) is 1. The molecule has 1 fully saturated rings. The molecule has 0 saturated carbocycles. The number of pyridine rings is 1. The van der Waals surface area contributed by atoms with E-state index in [4.69, 9.17) is 15.2 Å². The lowest BCUT2D eigenvalue weighted by molar-refractivity contribution is -0.0608. The van der Waals surface area contributed by atoms with Crippen LogP contribution in [0, 0.1) is 0 Å². The van der Waals surface area contributed by atoms with Crippen molar-refractivity contribution in [2.75, 3.05) is 26.1 Å². The Hall–Kier alpha value is -1.04. The topological polar surface area (TPSA) is 66.5 Å². The Morgan fingerprint density at radius 3 is 3.06 bits per heavy atom. The number of hydrogen-bond acceptors (Lipinski definition) is 4. The Labute approximate surface area is 106 Å². The van der Waals surface area contributed by atoms with Gasteiger partial charge in [-0.25, -0.2) is 0 Å². The van der Waals surface area contributed by atoms with E-state index in [-0.39, 0.29) is 35.8 Å². The van der Waals surface area contributed by atoms with Gasteiger partial charge < -0.3 is 19.8 Å². The highest BCUT2D eigenvalue weighted by molar-refractivity contribution is 5.85. The standard InChI is InChI=1S/C11H16N2O3.ClH/c1-15-10-7-16-6-4-9(10)13-5-2-3-8(12)11(13)14;/h2-3,5,9-10H,4,6-7,12H2,1H3;1H/t9-,10+;/m0./s1. The Bertz CT molecular complexity index is 421. The van der Waals surface area contributed by atoms with Crippen molar-refractivity contribution in [3.63, 3.8) is 0 Å². The van der Waals surface area contributed by atoms with Crippen molar-refractivity contribution in [2.45, 2.75) is 18.6 Å². The number of halogens is 1. The molecule has 2 atom stereocenters. The van der Waals surface area contributed by atoms with Gasteiger partial charge in [-0.2, -0.15) is 0 Å². The molecule has 0 amide bonds. The molecule has 0 unspecified atom stereocenters. The average molecular weight is 261 g/mol. The van der Waals surface area contributed by atoms with Crippen LogP contribution in [0.4, 0.5) is 5.69 Å². The first kappa shape index (κ1) is 14.0. The van der Waals surface area contributed by atoms with Crippen LogP contribution >= 0.6 is 12.4 Å². The Morgan fingerprint density at radius 2 is 2.35 bits per heavy atom. The third-order valence-electron chi connectivity index (χ3n) is 2.93. The summed E-state index contributed by atoms with van der Waals surface area (Å²) < 4.78 is 12.3.